The fraction of sp³-hybridized carbons (Fsp3) is 0.600. The molecular weight excluding hydrogens is 304 g/mol. The van der Waals surface area contributed by atoms with Gasteiger partial charge in [-0.3, -0.25) is 14.7 Å². The number of hydrogen-bond donors (Lipinski definition) is 1. The quantitative estimate of drug-likeness (QED) is 0.918. The molecule has 6 heteroatoms. The van der Waals surface area contributed by atoms with Gasteiger partial charge in [0, 0.05) is 60.5 Å². The van der Waals surface area contributed by atoms with Crippen LogP contribution in [0.2, 0.25) is 0 Å². The topological polar surface area (TPSA) is 53.4 Å². The largest absolute Gasteiger partial charge is 0.481 e. The summed E-state index contributed by atoms with van der Waals surface area (Å²) in [4.78, 5) is 18.2. The van der Waals surface area contributed by atoms with Gasteiger partial charge in [0.1, 0.15) is 0 Å². The van der Waals surface area contributed by atoms with Gasteiger partial charge in [-0.25, -0.2) is 0 Å². The highest BCUT2D eigenvalue weighted by Crippen LogP contribution is 2.35. The Morgan fingerprint density at radius 2 is 2.05 bits per heavy atom. The third kappa shape index (κ3) is 3.55. The van der Waals surface area contributed by atoms with E-state index in [1.54, 1.807) is 6.20 Å². The van der Waals surface area contributed by atoms with Gasteiger partial charge in [-0.1, -0.05) is 6.07 Å². The van der Waals surface area contributed by atoms with Crippen molar-refractivity contribution >= 4 is 29.5 Å². The summed E-state index contributed by atoms with van der Waals surface area (Å²) in [5.74, 6) is 3.74. The third-order valence-electron chi connectivity index (χ3n) is 4.29. The highest BCUT2D eigenvalue weighted by atomic mass is 32.2. The molecule has 0 amide bonds. The highest BCUT2D eigenvalue weighted by Gasteiger charge is 2.41. The zero-order chi connectivity index (χ0) is 14.7. The van der Waals surface area contributed by atoms with Gasteiger partial charge in [0.2, 0.25) is 0 Å². The lowest BCUT2D eigenvalue weighted by Crippen LogP contribution is -2.37. The van der Waals surface area contributed by atoms with Crippen LogP contribution in [0.3, 0.4) is 0 Å². The zero-order valence-electron chi connectivity index (χ0n) is 11.9. The summed E-state index contributed by atoms with van der Waals surface area (Å²) in [6, 6.07) is 4.41. The van der Waals surface area contributed by atoms with Crippen molar-refractivity contribution < 1.29 is 9.90 Å². The molecule has 2 aliphatic heterocycles. The van der Waals surface area contributed by atoms with E-state index in [9.17, 15) is 9.90 Å². The molecule has 1 aromatic rings. The van der Waals surface area contributed by atoms with Crippen LogP contribution >= 0.6 is 23.5 Å². The number of carboxylic acid groups (broad SMARTS) is 1. The van der Waals surface area contributed by atoms with E-state index in [1.165, 1.54) is 11.5 Å². The lowest BCUT2D eigenvalue weighted by Gasteiger charge is -2.25. The van der Waals surface area contributed by atoms with Gasteiger partial charge in [-0.05, 0) is 11.6 Å². The molecule has 0 aliphatic carbocycles. The predicted octanol–water partition coefficient (Wildman–Crippen LogP) is 2.03. The molecule has 0 saturated carbocycles. The van der Waals surface area contributed by atoms with Gasteiger partial charge in [0.25, 0.3) is 0 Å². The lowest BCUT2D eigenvalue weighted by atomic mass is 9.90. The van der Waals surface area contributed by atoms with Gasteiger partial charge >= 0.3 is 5.97 Å². The number of thioether (sulfide) groups is 2. The fourth-order valence-electron chi connectivity index (χ4n) is 3.13. The predicted molar refractivity (Wildman–Crippen MR) is 88.1 cm³/mol. The van der Waals surface area contributed by atoms with Crippen molar-refractivity contribution in [3.8, 4) is 0 Å². The normalized spacial score (nSPS) is 28.4. The SMILES string of the molecule is O=C(O)[C@@H]1CN(C2CSCCSC2)C[C@H]1c1cccnc1. The van der Waals surface area contributed by atoms with Crippen molar-refractivity contribution in [1.82, 2.24) is 9.88 Å². The molecule has 0 bridgehead atoms. The molecule has 4 nitrogen and oxygen atoms in total. The summed E-state index contributed by atoms with van der Waals surface area (Å²) < 4.78 is 0. The van der Waals surface area contributed by atoms with E-state index < -0.39 is 5.97 Å². The Labute approximate surface area is 133 Å². The minimum Gasteiger partial charge on any atom is -0.481 e. The minimum absolute atomic E-state index is 0.0643. The van der Waals surface area contributed by atoms with Crippen LogP contribution in [0.1, 0.15) is 11.5 Å². The molecule has 0 aromatic carbocycles. The molecule has 0 unspecified atom stereocenters. The Kier molecular flexibility index (Phi) is 5.08. The number of rotatable bonds is 3. The number of aromatic nitrogens is 1. The van der Waals surface area contributed by atoms with Crippen molar-refractivity contribution in [1.29, 1.82) is 0 Å². The maximum absolute atomic E-state index is 11.6. The number of hydrogen-bond acceptors (Lipinski definition) is 5. The first-order chi connectivity index (χ1) is 10.3. The summed E-state index contributed by atoms with van der Waals surface area (Å²) in [6.07, 6.45) is 3.56. The minimum atomic E-state index is -0.680. The molecule has 1 aromatic heterocycles. The number of carbonyl (C=O) groups is 1. The molecule has 2 aliphatic rings. The number of carboxylic acids is 1. The number of pyridine rings is 1. The second kappa shape index (κ2) is 7.03. The smallest absolute Gasteiger partial charge is 0.308 e. The highest BCUT2D eigenvalue weighted by molar-refractivity contribution is 8.03. The number of nitrogens with zero attached hydrogens (tertiary/aromatic N) is 2. The van der Waals surface area contributed by atoms with E-state index >= 15 is 0 Å². The number of aliphatic carboxylic acids is 1. The molecule has 21 heavy (non-hydrogen) atoms. The van der Waals surface area contributed by atoms with Gasteiger partial charge in [0.15, 0.2) is 0 Å². The lowest BCUT2D eigenvalue weighted by molar-refractivity contribution is -0.141. The van der Waals surface area contributed by atoms with Crippen LogP contribution in [0, 0.1) is 5.92 Å². The summed E-state index contributed by atoms with van der Waals surface area (Å²) in [7, 11) is 0. The average Bonchev–Trinajstić information content (AvgIpc) is 2.77. The molecule has 3 heterocycles. The van der Waals surface area contributed by atoms with Crippen molar-refractivity contribution in [2.75, 3.05) is 36.1 Å². The summed E-state index contributed by atoms with van der Waals surface area (Å²) >= 11 is 3.99. The Morgan fingerprint density at radius 3 is 2.67 bits per heavy atom. The second-order valence-electron chi connectivity index (χ2n) is 5.60. The van der Waals surface area contributed by atoms with Crippen LogP contribution in [0.25, 0.3) is 0 Å². The average molecular weight is 324 g/mol. The van der Waals surface area contributed by atoms with Crippen LogP contribution in [0.15, 0.2) is 24.5 Å². The summed E-state index contributed by atoms with van der Waals surface area (Å²) in [6.45, 7) is 1.51. The van der Waals surface area contributed by atoms with Crippen LogP contribution in [-0.2, 0) is 4.79 Å². The molecule has 0 radical (unpaired) electrons. The second-order valence-corrected chi connectivity index (χ2v) is 7.89. The molecule has 2 fully saturated rings. The Morgan fingerprint density at radius 1 is 1.29 bits per heavy atom. The molecule has 3 rings (SSSR count). The van der Waals surface area contributed by atoms with Crippen LogP contribution in [0.4, 0.5) is 0 Å². The third-order valence-corrected chi connectivity index (χ3v) is 6.77. The number of likely N-dealkylation sites (tertiary alicyclic amines) is 1. The van der Waals surface area contributed by atoms with E-state index in [1.807, 2.05) is 41.9 Å². The molecule has 1 N–H and O–H groups in total. The van der Waals surface area contributed by atoms with Gasteiger partial charge in [-0.15, -0.1) is 0 Å². The first-order valence-corrected chi connectivity index (χ1v) is 9.59. The van der Waals surface area contributed by atoms with E-state index in [-0.39, 0.29) is 11.8 Å². The Bertz CT molecular complexity index is 478. The van der Waals surface area contributed by atoms with Gasteiger partial charge < -0.3 is 5.11 Å². The first-order valence-electron chi connectivity index (χ1n) is 7.28. The zero-order valence-corrected chi connectivity index (χ0v) is 13.5. The van der Waals surface area contributed by atoms with E-state index in [0.717, 1.165) is 23.6 Å². The molecule has 114 valence electrons. The molecule has 2 atom stereocenters. The van der Waals surface area contributed by atoms with Crippen molar-refractivity contribution in [3.63, 3.8) is 0 Å². The molecular formula is C15H20N2O2S2. The van der Waals surface area contributed by atoms with Crippen LogP contribution in [-0.4, -0.2) is 63.1 Å². The maximum Gasteiger partial charge on any atom is 0.308 e. The Balaban J connectivity index is 1.76. The Hall–Kier alpha value is -0.720. The van der Waals surface area contributed by atoms with Gasteiger partial charge in [-0.2, -0.15) is 23.5 Å². The summed E-state index contributed by atoms with van der Waals surface area (Å²) in [5.41, 5.74) is 1.06. The van der Waals surface area contributed by atoms with Crippen molar-refractivity contribution in [3.05, 3.63) is 30.1 Å². The standard InChI is InChI=1S/C15H20N2O2S2/c18-15(19)14-8-17(12-9-20-4-5-21-10-12)7-13(14)11-2-1-3-16-6-11/h1-3,6,12-14H,4-5,7-10H2,(H,18,19)/t13-,14+/m0/s1. The molecule has 0 spiro atoms. The maximum atomic E-state index is 11.6. The fourth-order valence-corrected chi connectivity index (χ4v) is 5.76. The van der Waals surface area contributed by atoms with E-state index in [0.29, 0.717) is 12.6 Å². The monoisotopic (exact) mass is 324 g/mol. The summed E-state index contributed by atoms with van der Waals surface area (Å²) in [5, 5.41) is 9.56. The van der Waals surface area contributed by atoms with Crippen LogP contribution < -0.4 is 0 Å². The molecule has 2 saturated heterocycles. The van der Waals surface area contributed by atoms with Crippen molar-refractivity contribution in [2.24, 2.45) is 5.92 Å². The van der Waals surface area contributed by atoms with Crippen LogP contribution in [0.5, 0.6) is 0 Å². The van der Waals surface area contributed by atoms with E-state index in [2.05, 4.69) is 9.88 Å². The first kappa shape index (κ1) is 15.2. The van der Waals surface area contributed by atoms with E-state index in [4.69, 9.17) is 0 Å². The van der Waals surface area contributed by atoms with Crippen molar-refractivity contribution in [2.45, 2.75) is 12.0 Å². The van der Waals surface area contributed by atoms with Gasteiger partial charge in [0.05, 0.1) is 5.92 Å².